The minimum atomic E-state index is -0.204. The lowest BCUT2D eigenvalue weighted by Gasteiger charge is -2.37. The zero-order chi connectivity index (χ0) is 24.4. The maximum absolute atomic E-state index is 15.6. The molecule has 0 spiro atoms. The number of phenols is 1. The number of ether oxygens (including phenoxy) is 2. The molecule has 1 aliphatic carbocycles. The number of methoxy groups -OCH3 is 2. The minimum Gasteiger partial charge on any atom is -0.508 e. The van der Waals surface area contributed by atoms with E-state index in [-0.39, 0.29) is 29.7 Å². The number of phenolic OH excluding ortho intramolecular Hbond substituents is 1. The van der Waals surface area contributed by atoms with Gasteiger partial charge in [0, 0.05) is 39.1 Å². The smallest absolute Gasteiger partial charge is 0.159 e. The fraction of sp³-hybridized carbons (Fsp3) is 0.400. The maximum Gasteiger partial charge on any atom is 0.159 e. The van der Waals surface area contributed by atoms with Gasteiger partial charge in [-0.25, -0.2) is 4.39 Å². The molecule has 1 fully saturated rings. The van der Waals surface area contributed by atoms with Crippen LogP contribution in [0.3, 0.4) is 0 Å². The third kappa shape index (κ3) is 4.80. The minimum absolute atomic E-state index is 0.0419. The molecule has 2 aliphatic rings. The molecule has 35 heavy (non-hydrogen) atoms. The van der Waals surface area contributed by atoms with Gasteiger partial charge in [0.25, 0.3) is 0 Å². The molecule has 2 unspecified atom stereocenters. The summed E-state index contributed by atoms with van der Waals surface area (Å²) >= 11 is 0. The van der Waals surface area contributed by atoms with Gasteiger partial charge in [-0.3, -0.25) is 0 Å². The van der Waals surface area contributed by atoms with Gasteiger partial charge in [-0.1, -0.05) is 42.5 Å². The molecule has 0 bridgehead atoms. The molecule has 0 radical (unpaired) electrons. The van der Waals surface area contributed by atoms with E-state index in [1.807, 2.05) is 24.3 Å². The van der Waals surface area contributed by atoms with Crippen LogP contribution in [0.2, 0.25) is 0 Å². The molecule has 0 amide bonds. The predicted octanol–water partition coefficient (Wildman–Crippen LogP) is 6.23. The Bertz CT molecular complexity index is 1140. The van der Waals surface area contributed by atoms with Crippen LogP contribution in [0.15, 0.2) is 66.7 Å². The molecule has 1 saturated heterocycles. The van der Waals surface area contributed by atoms with Gasteiger partial charge < -0.3 is 19.5 Å². The van der Waals surface area contributed by atoms with Gasteiger partial charge in [-0.15, -0.1) is 0 Å². The number of piperidine rings is 1. The highest BCUT2D eigenvalue weighted by Crippen LogP contribution is 2.47. The number of halogens is 1. The third-order valence-corrected chi connectivity index (χ3v) is 7.88. The van der Waals surface area contributed by atoms with Gasteiger partial charge in [0.05, 0.1) is 5.69 Å². The molecule has 1 aliphatic heterocycles. The molecule has 4 nitrogen and oxygen atoms in total. The van der Waals surface area contributed by atoms with Crippen molar-refractivity contribution in [3.8, 4) is 5.75 Å². The quantitative estimate of drug-likeness (QED) is 0.429. The first-order valence-corrected chi connectivity index (χ1v) is 12.6. The van der Waals surface area contributed by atoms with Crippen LogP contribution in [0.1, 0.15) is 53.4 Å². The second-order valence-electron chi connectivity index (χ2n) is 9.79. The van der Waals surface area contributed by atoms with Crippen molar-refractivity contribution in [3.05, 3.63) is 94.8 Å². The van der Waals surface area contributed by atoms with Crippen molar-refractivity contribution in [3.63, 3.8) is 0 Å². The van der Waals surface area contributed by atoms with E-state index < -0.39 is 0 Å². The van der Waals surface area contributed by atoms with Crippen LogP contribution in [0.25, 0.3) is 0 Å². The number of nitrogens with zero attached hydrogens (tertiary/aromatic N) is 1. The van der Waals surface area contributed by atoms with Crippen LogP contribution in [-0.4, -0.2) is 38.7 Å². The highest BCUT2D eigenvalue weighted by Gasteiger charge is 2.33. The van der Waals surface area contributed by atoms with E-state index in [0.717, 1.165) is 49.9 Å². The van der Waals surface area contributed by atoms with E-state index in [1.165, 1.54) is 11.1 Å². The number of rotatable bonds is 6. The summed E-state index contributed by atoms with van der Waals surface area (Å²) in [6, 6.07) is 21.9. The molecule has 1 N–H and O–H groups in total. The lowest BCUT2D eigenvalue weighted by atomic mass is 9.69. The largest absolute Gasteiger partial charge is 0.508 e. The van der Waals surface area contributed by atoms with Crippen molar-refractivity contribution < 1.29 is 19.0 Å². The Balaban J connectivity index is 1.44. The van der Waals surface area contributed by atoms with Crippen molar-refractivity contribution in [1.29, 1.82) is 0 Å². The van der Waals surface area contributed by atoms with E-state index >= 15 is 4.39 Å². The van der Waals surface area contributed by atoms with Gasteiger partial charge in [0.15, 0.2) is 6.29 Å². The Morgan fingerprint density at radius 3 is 2.31 bits per heavy atom. The van der Waals surface area contributed by atoms with Crippen LogP contribution in [0.4, 0.5) is 10.1 Å². The van der Waals surface area contributed by atoms with Crippen LogP contribution in [-0.2, 0) is 15.9 Å². The van der Waals surface area contributed by atoms with Gasteiger partial charge in [-0.2, -0.15) is 0 Å². The van der Waals surface area contributed by atoms with Crippen molar-refractivity contribution in [1.82, 2.24) is 0 Å². The Morgan fingerprint density at radius 1 is 0.886 bits per heavy atom. The van der Waals surface area contributed by atoms with Crippen molar-refractivity contribution in [2.75, 3.05) is 32.2 Å². The summed E-state index contributed by atoms with van der Waals surface area (Å²) in [5, 5.41) is 10.1. The molecule has 1 heterocycles. The first kappa shape index (κ1) is 23.8. The van der Waals surface area contributed by atoms with Gasteiger partial charge in [0.1, 0.15) is 11.6 Å². The van der Waals surface area contributed by atoms with Crippen LogP contribution < -0.4 is 4.90 Å². The van der Waals surface area contributed by atoms with E-state index in [9.17, 15) is 5.11 Å². The van der Waals surface area contributed by atoms with Crippen LogP contribution in [0, 0.1) is 11.7 Å². The predicted molar refractivity (Wildman–Crippen MR) is 137 cm³/mol. The summed E-state index contributed by atoms with van der Waals surface area (Å²) in [7, 11) is 3.35. The lowest BCUT2D eigenvalue weighted by molar-refractivity contribution is -0.141. The molecule has 0 aromatic heterocycles. The van der Waals surface area contributed by atoms with E-state index in [4.69, 9.17) is 9.47 Å². The van der Waals surface area contributed by atoms with Gasteiger partial charge in [-0.05, 0) is 78.1 Å². The molecule has 3 aromatic carbocycles. The summed E-state index contributed by atoms with van der Waals surface area (Å²) in [5.74, 6) is 0.739. The Labute approximate surface area is 207 Å². The number of fused-ring (bicyclic) bond motifs is 1. The van der Waals surface area contributed by atoms with E-state index in [2.05, 4.69) is 35.2 Å². The number of anilines is 1. The summed E-state index contributed by atoms with van der Waals surface area (Å²) in [5.41, 5.74) is 5.26. The van der Waals surface area contributed by atoms with Crippen LogP contribution in [0.5, 0.6) is 5.75 Å². The van der Waals surface area contributed by atoms with Crippen LogP contribution >= 0.6 is 0 Å². The summed E-state index contributed by atoms with van der Waals surface area (Å²) in [6.45, 7) is 1.56. The summed E-state index contributed by atoms with van der Waals surface area (Å²) < 4.78 is 26.5. The summed E-state index contributed by atoms with van der Waals surface area (Å²) in [6.07, 6.45) is 3.47. The fourth-order valence-electron chi connectivity index (χ4n) is 6.14. The van der Waals surface area contributed by atoms with E-state index in [0.29, 0.717) is 11.6 Å². The van der Waals surface area contributed by atoms with Gasteiger partial charge in [0.2, 0.25) is 0 Å². The average Bonchev–Trinajstić information content (AvgIpc) is 2.89. The molecular formula is C30H34FNO3. The SMILES string of the molecule is COC(OC)C1CCN(c2ccc(C3c4ccc(O)cc4CCC3c3ccccc3)cc2F)CC1. The Hall–Kier alpha value is -2.89. The Kier molecular flexibility index (Phi) is 7.07. The number of aromatic hydroxyl groups is 1. The zero-order valence-corrected chi connectivity index (χ0v) is 20.5. The third-order valence-electron chi connectivity index (χ3n) is 7.88. The molecule has 184 valence electrons. The highest BCUT2D eigenvalue weighted by atomic mass is 19.1. The number of aryl methyl sites for hydroxylation is 1. The number of hydrogen-bond donors (Lipinski definition) is 1. The molecular weight excluding hydrogens is 441 g/mol. The first-order chi connectivity index (χ1) is 17.1. The van der Waals surface area contributed by atoms with E-state index in [1.54, 1.807) is 26.4 Å². The second-order valence-corrected chi connectivity index (χ2v) is 9.79. The zero-order valence-electron chi connectivity index (χ0n) is 20.5. The average molecular weight is 476 g/mol. The molecule has 5 rings (SSSR count). The monoisotopic (exact) mass is 475 g/mol. The van der Waals surface area contributed by atoms with Crippen molar-refractivity contribution in [2.45, 2.75) is 43.8 Å². The molecule has 5 heteroatoms. The molecule has 0 saturated carbocycles. The normalized spacial score (nSPS) is 20.7. The topological polar surface area (TPSA) is 41.9 Å². The summed E-state index contributed by atoms with van der Waals surface area (Å²) in [4.78, 5) is 2.14. The standard InChI is InChI=1S/C30H34FNO3/c1-34-30(35-2)21-14-16-32(17-15-21)28-13-9-23(19-27(28)31)29-25(20-6-4-3-5-7-20)11-8-22-18-24(33)10-12-26(22)29/h3-7,9-10,12-13,18-19,21,25,29-30,33H,8,11,14-17H2,1-2H3. The molecule has 3 aromatic rings. The second kappa shape index (κ2) is 10.4. The first-order valence-electron chi connectivity index (χ1n) is 12.6. The lowest BCUT2D eigenvalue weighted by Crippen LogP contribution is -2.39. The maximum atomic E-state index is 15.6. The fourth-order valence-corrected chi connectivity index (χ4v) is 6.14. The number of hydrogen-bond acceptors (Lipinski definition) is 4. The van der Waals surface area contributed by atoms with Gasteiger partial charge >= 0.3 is 0 Å². The van der Waals surface area contributed by atoms with Crippen molar-refractivity contribution in [2.24, 2.45) is 5.92 Å². The highest BCUT2D eigenvalue weighted by molar-refractivity contribution is 5.53. The Morgan fingerprint density at radius 2 is 1.63 bits per heavy atom. The van der Waals surface area contributed by atoms with Crippen molar-refractivity contribution >= 4 is 5.69 Å². The molecule has 2 atom stereocenters. The number of benzene rings is 3.